The third-order valence-electron chi connectivity index (χ3n) is 5.18. The van der Waals surface area contributed by atoms with E-state index >= 15 is 0 Å². The summed E-state index contributed by atoms with van der Waals surface area (Å²) < 4.78 is 13.5. The smallest absolute Gasteiger partial charge is 0.269 e. The second kappa shape index (κ2) is 7.98. The van der Waals surface area contributed by atoms with Gasteiger partial charge >= 0.3 is 0 Å². The first-order valence-corrected chi connectivity index (χ1v) is 9.52. The predicted molar refractivity (Wildman–Crippen MR) is 103 cm³/mol. The Kier molecular flexibility index (Phi) is 5.24. The molecule has 7 nitrogen and oxygen atoms in total. The molecule has 1 spiro atoms. The molecule has 1 aromatic carbocycles. The summed E-state index contributed by atoms with van der Waals surface area (Å²) in [5.74, 6) is -0.989. The van der Waals surface area contributed by atoms with Crippen molar-refractivity contribution < 1.29 is 18.8 Å². The van der Waals surface area contributed by atoms with Crippen molar-refractivity contribution in [1.29, 1.82) is 0 Å². The molecule has 2 amide bonds. The number of carbonyl (C=O) groups is 2. The number of oxime groups is 1. The Morgan fingerprint density at radius 1 is 1.28 bits per heavy atom. The van der Waals surface area contributed by atoms with Gasteiger partial charge in [-0.25, -0.2) is 4.39 Å². The van der Waals surface area contributed by atoms with Crippen LogP contribution in [0.5, 0.6) is 0 Å². The van der Waals surface area contributed by atoms with Gasteiger partial charge < -0.3 is 15.1 Å². The van der Waals surface area contributed by atoms with E-state index < -0.39 is 11.4 Å². The molecular formula is C21H21FN4O3. The number of piperidine rings is 1. The molecule has 150 valence electrons. The Morgan fingerprint density at radius 2 is 2.17 bits per heavy atom. The van der Waals surface area contributed by atoms with E-state index in [1.165, 1.54) is 18.2 Å². The molecule has 0 saturated carbocycles. The van der Waals surface area contributed by atoms with Crippen LogP contribution in [0.2, 0.25) is 0 Å². The summed E-state index contributed by atoms with van der Waals surface area (Å²) in [5.41, 5.74) is 0.798. The van der Waals surface area contributed by atoms with Gasteiger partial charge in [0.15, 0.2) is 5.60 Å². The summed E-state index contributed by atoms with van der Waals surface area (Å²) in [4.78, 5) is 36.5. The minimum atomic E-state index is -0.706. The Bertz CT molecular complexity index is 950. The number of benzene rings is 1. The van der Waals surface area contributed by atoms with Crippen LogP contribution in [0.25, 0.3) is 0 Å². The number of pyridine rings is 1. The normalized spacial score (nSPS) is 20.9. The second-order valence-corrected chi connectivity index (χ2v) is 7.37. The predicted octanol–water partition coefficient (Wildman–Crippen LogP) is 2.29. The minimum Gasteiger partial charge on any atom is -0.386 e. The van der Waals surface area contributed by atoms with Crippen molar-refractivity contribution in [1.82, 2.24) is 15.2 Å². The van der Waals surface area contributed by atoms with Gasteiger partial charge in [-0.1, -0.05) is 17.3 Å². The zero-order valence-electron chi connectivity index (χ0n) is 15.8. The number of hydrogen-bond acceptors (Lipinski definition) is 5. The number of hydrogen-bond donors (Lipinski definition) is 1. The van der Waals surface area contributed by atoms with Gasteiger partial charge in [-0.15, -0.1) is 0 Å². The molecule has 29 heavy (non-hydrogen) atoms. The topological polar surface area (TPSA) is 83.9 Å². The molecule has 2 aromatic rings. The van der Waals surface area contributed by atoms with Crippen molar-refractivity contribution in [2.75, 3.05) is 13.1 Å². The molecule has 8 heteroatoms. The molecule has 1 N–H and O–H groups in total. The number of carbonyl (C=O) groups excluding carboxylic acids is 2. The lowest BCUT2D eigenvalue weighted by Crippen LogP contribution is -2.51. The van der Waals surface area contributed by atoms with Crippen LogP contribution in [0.3, 0.4) is 0 Å². The fourth-order valence-electron chi connectivity index (χ4n) is 3.72. The number of nitrogens with zero attached hydrogens (tertiary/aromatic N) is 3. The maximum absolute atomic E-state index is 13.5. The van der Waals surface area contributed by atoms with Crippen LogP contribution >= 0.6 is 0 Å². The van der Waals surface area contributed by atoms with Crippen LogP contribution in [-0.2, 0) is 16.2 Å². The lowest BCUT2D eigenvalue weighted by atomic mass is 9.87. The highest BCUT2D eigenvalue weighted by atomic mass is 19.1. The van der Waals surface area contributed by atoms with Crippen molar-refractivity contribution in [3.05, 3.63) is 65.7 Å². The van der Waals surface area contributed by atoms with Gasteiger partial charge in [0, 0.05) is 37.5 Å². The molecule has 1 aromatic heterocycles. The van der Waals surface area contributed by atoms with Crippen LogP contribution in [0.15, 0.2) is 53.9 Å². The fourth-order valence-corrected chi connectivity index (χ4v) is 3.72. The van der Waals surface area contributed by atoms with E-state index in [0.29, 0.717) is 43.8 Å². The van der Waals surface area contributed by atoms with Crippen LogP contribution < -0.4 is 5.32 Å². The average molecular weight is 396 g/mol. The zero-order valence-corrected chi connectivity index (χ0v) is 15.8. The molecule has 1 fully saturated rings. The maximum Gasteiger partial charge on any atom is 0.269 e. The Balaban J connectivity index is 1.37. The molecule has 0 unspecified atom stereocenters. The molecule has 2 aliphatic heterocycles. The first-order valence-electron chi connectivity index (χ1n) is 9.52. The van der Waals surface area contributed by atoms with Gasteiger partial charge in [0.05, 0.1) is 6.54 Å². The van der Waals surface area contributed by atoms with E-state index in [-0.39, 0.29) is 11.8 Å². The first-order chi connectivity index (χ1) is 14.0. The van der Waals surface area contributed by atoms with Crippen LogP contribution in [0.1, 0.15) is 35.2 Å². The molecule has 4 rings (SSSR count). The largest absolute Gasteiger partial charge is 0.386 e. The van der Waals surface area contributed by atoms with Gasteiger partial charge in [-0.2, -0.15) is 0 Å². The number of aromatic nitrogens is 1. The Labute approximate surface area is 167 Å². The number of amides is 2. The minimum absolute atomic E-state index is 0.248. The Hall–Kier alpha value is -3.29. The molecule has 0 aliphatic carbocycles. The van der Waals surface area contributed by atoms with Gasteiger partial charge in [0.25, 0.3) is 11.8 Å². The second-order valence-electron chi connectivity index (χ2n) is 7.37. The number of halogens is 1. The van der Waals surface area contributed by atoms with Crippen molar-refractivity contribution in [3.63, 3.8) is 0 Å². The highest BCUT2D eigenvalue weighted by Crippen LogP contribution is 2.34. The number of rotatable bonds is 4. The molecule has 0 radical (unpaired) electrons. The molecule has 0 bridgehead atoms. The van der Waals surface area contributed by atoms with Gasteiger partial charge in [0.1, 0.15) is 11.5 Å². The molecule has 1 saturated heterocycles. The molecule has 3 heterocycles. The van der Waals surface area contributed by atoms with E-state index in [4.69, 9.17) is 4.84 Å². The standard InChI is InChI=1S/C21H21FN4O3/c22-17-6-1-5-16(10-17)20(28)26-9-3-7-21(14-26)11-18(25-29-21)19(27)24-13-15-4-2-8-23-12-15/h1-2,4-6,8,10,12H,3,7,9,11,13-14H2,(H,24,27)/t21-/m0/s1. The maximum atomic E-state index is 13.5. The van der Waals surface area contributed by atoms with E-state index in [1.54, 1.807) is 29.4 Å². The van der Waals surface area contributed by atoms with E-state index in [0.717, 1.165) is 12.0 Å². The monoisotopic (exact) mass is 396 g/mol. The van der Waals surface area contributed by atoms with Gasteiger partial charge in [-0.3, -0.25) is 14.6 Å². The first kappa shape index (κ1) is 19.0. The summed E-state index contributed by atoms with van der Waals surface area (Å²) in [6.45, 7) is 1.22. The highest BCUT2D eigenvalue weighted by molar-refractivity contribution is 6.39. The summed E-state index contributed by atoms with van der Waals surface area (Å²) >= 11 is 0. The molecular weight excluding hydrogens is 375 g/mol. The SMILES string of the molecule is O=C(NCc1cccnc1)C1=NO[C@@]2(CCCN(C(=O)c3cccc(F)c3)C2)C1. The highest BCUT2D eigenvalue weighted by Gasteiger charge is 2.45. The summed E-state index contributed by atoms with van der Waals surface area (Å²) in [6.07, 6.45) is 5.11. The molecule has 1 atom stereocenters. The third kappa shape index (κ3) is 4.26. The fraction of sp³-hybridized carbons (Fsp3) is 0.333. The van der Waals surface area contributed by atoms with Crippen molar-refractivity contribution in [2.45, 2.75) is 31.4 Å². The van der Waals surface area contributed by atoms with Gasteiger partial charge in [-0.05, 0) is 42.7 Å². The van der Waals surface area contributed by atoms with E-state index in [1.807, 2.05) is 6.07 Å². The van der Waals surface area contributed by atoms with E-state index in [9.17, 15) is 14.0 Å². The van der Waals surface area contributed by atoms with Crippen LogP contribution in [0.4, 0.5) is 4.39 Å². The summed E-state index contributed by atoms with van der Waals surface area (Å²) in [6, 6.07) is 9.32. The zero-order chi connectivity index (χ0) is 20.3. The average Bonchev–Trinajstić information content (AvgIpc) is 3.15. The lowest BCUT2D eigenvalue weighted by Gasteiger charge is -2.38. The quantitative estimate of drug-likeness (QED) is 0.860. The van der Waals surface area contributed by atoms with Crippen LogP contribution in [0, 0.1) is 5.82 Å². The van der Waals surface area contributed by atoms with E-state index in [2.05, 4.69) is 15.5 Å². The van der Waals surface area contributed by atoms with Crippen molar-refractivity contribution >= 4 is 17.5 Å². The van der Waals surface area contributed by atoms with Gasteiger partial charge in [0.2, 0.25) is 0 Å². The van der Waals surface area contributed by atoms with Crippen molar-refractivity contribution in [3.8, 4) is 0 Å². The number of nitrogens with one attached hydrogen (secondary N) is 1. The number of likely N-dealkylation sites (tertiary alicyclic amines) is 1. The summed E-state index contributed by atoms with van der Waals surface area (Å²) in [5, 5.41) is 6.81. The van der Waals surface area contributed by atoms with Crippen molar-refractivity contribution in [2.24, 2.45) is 5.16 Å². The third-order valence-corrected chi connectivity index (χ3v) is 5.18. The summed E-state index contributed by atoms with van der Waals surface area (Å²) in [7, 11) is 0. The Morgan fingerprint density at radius 3 is 2.97 bits per heavy atom. The van der Waals surface area contributed by atoms with Crippen LogP contribution in [-0.4, -0.2) is 46.1 Å². The molecule has 2 aliphatic rings. The lowest BCUT2D eigenvalue weighted by molar-refractivity contribution is -0.115.